The second kappa shape index (κ2) is 8.49. The summed E-state index contributed by atoms with van der Waals surface area (Å²) in [5.74, 6) is 0.820. The van der Waals surface area contributed by atoms with Crippen LogP contribution < -0.4 is 10.6 Å². The number of rotatable bonds is 7. The molecule has 1 unspecified atom stereocenters. The minimum atomic E-state index is 0.0656. The van der Waals surface area contributed by atoms with Crippen molar-refractivity contribution in [3.63, 3.8) is 0 Å². The molecule has 0 bridgehead atoms. The average Bonchev–Trinajstić information content (AvgIpc) is 3.22. The molecule has 0 saturated heterocycles. The highest BCUT2D eigenvalue weighted by atomic mass is 32.1. The Balaban J connectivity index is 1.93. The second-order valence-electron chi connectivity index (χ2n) is 7.09. The van der Waals surface area contributed by atoms with Crippen molar-refractivity contribution in [3.8, 4) is 0 Å². The van der Waals surface area contributed by atoms with Gasteiger partial charge in [-0.05, 0) is 25.5 Å². The Morgan fingerprint density at radius 2 is 2.16 bits per heavy atom. The number of aromatic nitrogens is 2. The van der Waals surface area contributed by atoms with Gasteiger partial charge in [-0.15, -0.1) is 11.3 Å². The van der Waals surface area contributed by atoms with E-state index in [0.29, 0.717) is 0 Å². The molecule has 0 fully saturated rings. The fraction of sp³-hybridized carbons (Fsp3) is 0.556. The summed E-state index contributed by atoms with van der Waals surface area (Å²) in [5, 5.41) is 13.3. The number of nitrogens with one attached hydrogen (secondary N) is 2. The molecular weight excluding hydrogens is 332 g/mol. The third-order valence-electron chi connectivity index (χ3n) is 4.31. The first-order chi connectivity index (χ1) is 11.8. The van der Waals surface area contributed by atoms with Gasteiger partial charge in [-0.2, -0.15) is 5.10 Å². The van der Waals surface area contributed by atoms with Crippen LogP contribution in [0.4, 0.5) is 0 Å². The molecule has 1 atom stereocenters. The van der Waals surface area contributed by atoms with E-state index in [4.69, 9.17) is 0 Å². The highest BCUT2D eigenvalue weighted by Crippen LogP contribution is 2.26. The molecule has 0 saturated carbocycles. The van der Waals surface area contributed by atoms with Gasteiger partial charge in [0.05, 0.1) is 12.2 Å². The van der Waals surface area contributed by atoms with E-state index in [1.165, 1.54) is 10.4 Å². The topological polar surface area (TPSA) is 57.5 Å². The van der Waals surface area contributed by atoms with Gasteiger partial charge in [0.2, 0.25) is 0 Å². The third-order valence-corrected chi connectivity index (χ3v) is 5.54. The molecule has 2 N–H and O–H groups in total. The monoisotopic (exact) mass is 362 g/mol. The maximum Gasteiger partial charge on any atom is 0.191 e. The average molecular weight is 363 g/mol. The first kappa shape index (κ1) is 19.5. The molecule has 0 aliphatic heterocycles. The van der Waals surface area contributed by atoms with Gasteiger partial charge in [0.15, 0.2) is 5.96 Å². The molecule has 0 aliphatic carbocycles. The molecule has 6 nitrogen and oxygen atoms in total. The molecule has 0 radical (unpaired) electrons. The van der Waals surface area contributed by atoms with Crippen LogP contribution in [0.1, 0.15) is 30.3 Å². The van der Waals surface area contributed by atoms with Crippen LogP contribution in [-0.4, -0.2) is 54.9 Å². The van der Waals surface area contributed by atoms with Crippen molar-refractivity contribution >= 4 is 17.3 Å². The van der Waals surface area contributed by atoms with E-state index in [1.807, 2.05) is 25.0 Å². The lowest BCUT2D eigenvalue weighted by Crippen LogP contribution is -2.45. The van der Waals surface area contributed by atoms with E-state index in [1.54, 1.807) is 11.3 Å². The fourth-order valence-electron chi connectivity index (χ4n) is 2.68. The lowest BCUT2D eigenvalue weighted by molar-refractivity contribution is 0.298. The van der Waals surface area contributed by atoms with Gasteiger partial charge in [0, 0.05) is 49.2 Å². The molecule has 2 heterocycles. The molecule has 0 aliphatic rings. The predicted molar refractivity (Wildman–Crippen MR) is 106 cm³/mol. The van der Waals surface area contributed by atoms with E-state index in [9.17, 15) is 0 Å². The minimum absolute atomic E-state index is 0.0656. The fourth-order valence-corrected chi connectivity index (χ4v) is 3.53. The molecule has 2 rings (SSSR count). The molecular formula is C18H30N6S. The Bertz CT molecular complexity index is 672. The van der Waals surface area contributed by atoms with Crippen LogP contribution in [0.3, 0.4) is 0 Å². The number of aliphatic imine (C=N–C) groups is 1. The van der Waals surface area contributed by atoms with Crippen LogP contribution in [0.15, 0.2) is 34.9 Å². The quantitative estimate of drug-likeness (QED) is 0.586. The van der Waals surface area contributed by atoms with Gasteiger partial charge in [-0.3, -0.25) is 9.67 Å². The van der Waals surface area contributed by atoms with Crippen molar-refractivity contribution in [3.05, 3.63) is 40.3 Å². The summed E-state index contributed by atoms with van der Waals surface area (Å²) >= 11 is 1.79. The molecule has 25 heavy (non-hydrogen) atoms. The Hall–Kier alpha value is -1.86. The van der Waals surface area contributed by atoms with Crippen molar-refractivity contribution in [2.75, 3.05) is 34.2 Å². The highest BCUT2D eigenvalue weighted by Gasteiger charge is 2.22. The zero-order chi connectivity index (χ0) is 18.4. The number of hydrogen-bond donors (Lipinski definition) is 2. The molecule has 0 aromatic carbocycles. The molecule has 0 spiro atoms. The third kappa shape index (κ3) is 5.31. The summed E-state index contributed by atoms with van der Waals surface area (Å²) in [4.78, 5) is 7.92. The standard InChI is InChI=1S/C18H30N6S/c1-18(2,16-8-7-9-25-16)13-21-17(19-3)20-11-15(23(4)5)14-10-22-24(6)12-14/h7-10,12,15H,11,13H2,1-6H3,(H2,19,20,21). The van der Waals surface area contributed by atoms with Crippen LogP contribution in [0, 0.1) is 0 Å². The Kier molecular flexibility index (Phi) is 6.61. The van der Waals surface area contributed by atoms with Gasteiger partial charge in [-0.25, -0.2) is 0 Å². The normalized spacial score (nSPS) is 14.0. The number of thiophene rings is 1. The molecule has 7 heteroatoms. The largest absolute Gasteiger partial charge is 0.356 e. The Morgan fingerprint density at radius 3 is 2.68 bits per heavy atom. The number of guanidine groups is 1. The zero-order valence-corrected chi connectivity index (χ0v) is 16.9. The maximum atomic E-state index is 4.36. The van der Waals surface area contributed by atoms with E-state index in [2.05, 4.69) is 77.3 Å². The predicted octanol–water partition coefficient (Wildman–Crippen LogP) is 2.23. The molecule has 2 aromatic rings. The summed E-state index contributed by atoms with van der Waals surface area (Å²) in [6.45, 7) is 6.08. The van der Waals surface area contributed by atoms with Gasteiger partial charge >= 0.3 is 0 Å². The number of nitrogens with zero attached hydrogens (tertiary/aromatic N) is 4. The van der Waals surface area contributed by atoms with Crippen molar-refractivity contribution < 1.29 is 0 Å². The van der Waals surface area contributed by atoms with E-state index < -0.39 is 0 Å². The van der Waals surface area contributed by atoms with Gasteiger partial charge < -0.3 is 15.5 Å². The smallest absolute Gasteiger partial charge is 0.191 e. The van der Waals surface area contributed by atoms with Crippen LogP contribution in [0.5, 0.6) is 0 Å². The van der Waals surface area contributed by atoms with E-state index >= 15 is 0 Å². The second-order valence-corrected chi connectivity index (χ2v) is 8.04. The van der Waals surface area contributed by atoms with Crippen LogP contribution in [0.25, 0.3) is 0 Å². The Morgan fingerprint density at radius 1 is 1.40 bits per heavy atom. The minimum Gasteiger partial charge on any atom is -0.356 e. The van der Waals surface area contributed by atoms with E-state index in [-0.39, 0.29) is 11.5 Å². The first-order valence-electron chi connectivity index (χ1n) is 8.47. The summed E-state index contributed by atoms with van der Waals surface area (Å²) in [6, 6.07) is 4.52. The van der Waals surface area contributed by atoms with Crippen LogP contribution >= 0.6 is 11.3 Å². The molecule has 2 aromatic heterocycles. The Labute approximate surface area is 155 Å². The maximum absolute atomic E-state index is 4.36. The van der Waals surface area contributed by atoms with Gasteiger partial charge in [0.25, 0.3) is 0 Å². The SMILES string of the molecule is CN=C(NCC(c1cnn(C)c1)N(C)C)NCC(C)(C)c1cccs1. The summed E-state index contributed by atoms with van der Waals surface area (Å²) in [6.07, 6.45) is 3.98. The number of hydrogen-bond acceptors (Lipinski definition) is 4. The van der Waals surface area contributed by atoms with E-state index in [0.717, 1.165) is 19.0 Å². The molecule has 0 amide bonds. The highest BCUT2D eigenvalue weighted by molar-refractivity contribution is 7.10. The summed E-state index contributed by atoms with van der Waals surface area (Å²) in [5.41, 5.74) is 1.25. The van der Waals surface area contributed by atoms with Crippen molar-refractivity contribution in [2.24, 2.45) is 12.0 Å². The van der Waals surface area contributed by atoms with Crippen LogP contribution in [-0.2, 0) is 12.5 Å². The number of aryl methyl sites for hydroxylation is 1. The van der Waals surface area contributed by atoms with Gasteiger partial charge in [0.1, 0.15) is 0 Å². The lowest BCUT2D eigenvalue weighted by atomic mass is 9.91. The van der Waals surface area contributed by atoms with Gasteiger partial charge in [-0.1, -0.05) is 19.9 Å². The summed E-state index contributed by atoms with van der Waals surface area (Å²) < 4.78 is 1.84. The van der Waals surface area contributed by atoms with Crippen molar-refractivity contribution in [1.29, 1.82) is 0 Å². The summed E-state index contributed by atoms with van der Waals surface area (Å²) in [7, 11) is 7.91. The van der Waals surface area contributed by atoms with Crippen molar-refractivity contribution in [1.82, 2.24) is 25.3 Å². The zero-order valence-electron chi connectivity index (χ0n) is 16.1. The van der Waals surface area contributed by atoms with Crippen LogP contribution in [0.2, 0.25) is 0 Å². The number of likely N-dealkylation sites (N-methyl/N-ethyl adjacent to an activating group) is 1. The molecule has 138 valence electrons. The lowest BCUT2D eigenvalue weighted by Gasteiger charge is -2.27. The first-order valence-corrected chi connectivity index (χ1v) is 9.35. The van der Waals surface area contributed by atoms with Crippen molar-refractivity contribution in [2.45, 2.75) is 25.3 Å².